The van der Waals surface area contributed by atoms with Crippen LogP contribution in [0.15, 0.2) is 30.3 Å². The van der Waals surface area contributed by atoms with Gasteiger partial charge in [0.2, 0.25) is 11.8 Å². The SMILES string of the molecule is C[C@@H]1CC[C@@H](C(F)(F)F)N1C[C@@H](O)[C@H](Cc1ccccc1)NC(=O)[C@@H](N)CC(N)=O. The molecular formula is C20H29F3N4O3. The lowest BCUT2D eigenvalue weighted by atomic mass is 9.99. The highest BCUT2D eigenvalue weighted by Gasteiger charge is 2.49. The second kappa shape index (κ2) is 10.2. The summed E-state index contributed by atoms with van der Waals surface area (Å²) in [4.78, 5) is 24.6. The topological polar surface area (TPSA) is 122 Å². The van der Waals surface area contributed by atoms with Crippen LogP contribution in [0.25, 0.3) is 0 Å². The largest absolute Gasteiger partial charge is 0.404 e. The Labute approximate surface area is 173 Å². The molecular weight excluding hydrogens is 401 g/mol. The zero-order valence-corrected chi connectivity index (χ0v) is 16.8. The quantitative estimate of drug-likeness (QED) is 0.459. The highest BCUT2D eigenvalue weighted by Crippen LogP contribution is 2.36. The van der Waals surface area contributed by atoms with Gasteiger partial charge in [-0.3, -0.25) is 14.5 Å². The molecule has 1 aliphatic heterocycles. The normalized spacial score (nSPS) is 23.0. The number of hydrogen-bond acceptors (Lipinski definition) is 5. The van der Waals surface area contributed by atoms with Crippen LogP contribution in [0.1, 0.15) is 31.7 Å². The monoisotopic (exact) mass is 430 g/mol. The van der Waals surface area contributed by atoms with Gasteiger partial charge in [0.1, 0.15) is 6.04 Å². The van der Waals surface area contributed by atoms with Crippen LogP contribution < -0.4 is 16.8 Å². The summed E-state index contributed by atoms with van der Waals surface area (Å²) in [6, 6.07) is 4.85. The van der Waals surface area contributed by atoms with Crippen LogP contribution in [0.2, 0.25) is 0 Å². The molecule has 1 aliphatic rings. The highest BCUT2D eigenvalue weighted by atomic mass is 19.4. The summed E-state index contributed by atoms with van der Waals surface area (Å²) in [5.41, 5.74) is 11.5. The number of nitrogens with two attached hydrogens (primary N) is 2. The zero-order chi connectivity index (χ0) is 22.5. The number of aliphatic hydroxyl groups is 1. The van der Waals surface area contributed by atoms with Crippen LogP contribution >= 0.6 is 0 Å². The molecule has 0 bridgehead atoms. The van der Waals surface area contributed by atoms with E-state index in [2.05, 4.69) is 5.32 Å². The molecule has 1 fully saturated rings. The van der Waals surface area contributed by atoms with Crippen LogP contribution in [-0.4, -0.2) is 64.8 Å². The summed E-state index contributed by atoms with van der Waals surface area (Å²) in [5, 5.41) is 13.4. The molecule has 0 saturated carbocycles. The third-order valence-corrected chi connectivity index (χ3v) is 5.45. The van der Waals surface area contributed by atoms with E-state index in [4.69, 9.17) is 11.5 Å². The van der Waals surface area contributed by atoms with Crippen molar-refractivity contribution in [1.29, 1.82) is 0 Å². The minimum absolute atomic E-state index is 0.0312. The molecule has 2 amide bonds. The number of carbonyl (C=O) groups excluding carboxylic acids is 2. The van der Waals surface area contributed by atoms with E-state index < -0.39 is 42.2 Å². The van der Waals surface area contributed by atoms with Gasteiger partial charge in [-0.2, -0.15) is 13.2 Å². The maximum absolute atomic E-state index is 13.4. The molecule has 0 aromatic heterocycles. The Morgan fingerprint density at radius 1 is 1.27 bits per heavy atom. The fourth-order valence-electron chi connectivity index (χ4n) is 3.79. The Kier molecular flexibility index (Phi) is 8.22. The molecule has 1 saturated heterocycles. The minimum atomic E-state index is -4.40. The number of hydrogen-bond donors (Lipinski definition) is 4. The Hall–Kier alpha value is -2.17. The average Bonchev–Trinajstić information content (AvgIpc) is 3.02. The van der Waals surface area contributed by atoms with Gasteiger partial charge >= 0.3 is 6.18 Å². The lowest BCUT2D eigenvalue weighted by Crippen LogP contribution is -2.56. The Morgan fingerprint density at radius 3 is 2.47 bits per heavy atom. The highest BCUT2D eigenvalue weighted by molar-refractivity contribution is 5.87. The minimum Gasteiger partial charge on any atom is -0.390 e. The van der Waals surface area contributed by atoms with E-state index in [0.717, 1.165) is 5.56 Å². The van der Waals surface area contributed by atoms with E-state index in [9.17, 15) is 27.9 Å². The van der Waals surface area contributed by atoms with E-state index in [1.54, 1.807) is 37.3 Å². The number of alkyl halides is 3. The maximum Gasteiger partial charge on any atom is 0.404 e. The first-order valence-corrected chi connectivity index (χ1v) is 9.87. The van der Waals surface area contributed by atoms with Gasteiger partial charge in [0, 0.05) is 12.6 Å². The summed E-state index contributed by atoms with van der Waals surface area (Å²) in [5.74, 6) is -1.45. The van der Waals surface area contributed by atoms with Crippen LogP contribution in [0.3, 0.4) is 0 Å². The molecule has 6 N–H and O–H groups in total. The third kappa shape index (κ3) is 6.68. The van der Waals surface area contributed by atoms with Crippen molar-refractivity contribution < 1.29 is 27.9 Å². The molecule has 1 heterocycles. The molecule has 1 aromatic carbocycles. The van der Waals surface area contributed by atoms with Crippen LogP contribution in [0.5, 0.6) is 0 Å². The van der Waals surface area contributed by atoms with Gasteiger partial charge in [-0.1, -0.05) is 30.3 Å². The summed E-state index contributed by atoms with van der Waals surface area (Å²) >= 11 is 0. The fraction of sp³-hybridized carbons (Fsp3) is 0.600. The number of rotatable bonds is 9. The smallest absolute Gasteiger partial charge is 0.390 e. The molecule has 168 valence electrons. The van der Waals surface area contributed by atoms with E-state index in [1.165, 1.54) is 4.90 Å². The van der Waals surface area contributed by atoms with Gasteiger partial charge in [-0.15, -0.1) is 0 Å². The first kappa shape index (κ1) is 24.1. The second-order valence-corrected chi connectivity index (χ2v) is 7.83. The Balaban J connectivity index is 2.15. The number of carbonyl (C=O) groups is 2. The summed E-state index contributed by atoms with van der Waals surface area (Å²) in [6.07, 6.45) is -5.52. The molecule has 2 rings (SSSR count). The molecule has 10 heteroatoms. The number of nitrogens with zero attached hydrogens (tertiary/aromatic N) is 1. The maximum atomic E-state index is 13.4. The molecule has 0 spiro atoms. The van der Waals surface area contributed by atoms with Crippen molar-refractivity contribution in [2.75, 3.05) is 6.54 Å². The summed E-state index contributed by atoms with van der Waals surface area (Å²) in [6.45, 7) is 1.43. The number of likely N-dealkylation sites (tertiary alicyclic amines) is 1. The van der Waals surface area contributed by atoms with Crippen molar-refractivity contribution in [2.24, 2.45) is 11.5 Å². The van der Waals surface area contributed by atoms with Crippen molar-refractivity contribution >= 4 is 11.8 Å². The Morgan fingerprint density at radius 2 is 1.90 bits per heavy atom. The predicted molar refractivity (Wildman–Crippen MR) is 105 cm³/mol. The van der Waals surface area contributed by atoms with Gasteiger partial charge < -0.3 is 21.9 Å². The van der Waals surface area contributed by atoms with Crippen molar-refractivity contribution in [2.45, 2.75) is 69.1 Å². The van der Waals surface area contributed by atoms with Gasteiger partial charge in [0.25, 0.3) is 0 Å². The molecule has 5 atom stereocenters. The molecule has 1 aromatic rings. The first-order valence-electron chi connectivity index (χ1n) is 9.87. The number of benzene rings is 1. The number of β-amino-alcohol motifs (C(OH)–C–C–N with tert-alkyl or cyclic N) is 1. The fourth-order valence-corrected chi connectivity index (χ4v) is 3.79. The number of aliphatic hydroxyl groups excluding tert-OH is 1. The van der Waals surface area contributed by atoms with Crippen LogP contribution in [-0.2, 0) is 16.0 Å². The summed E-state index contributed by atoms with van der Waals surface area (Å²) in [7, 11) is 0. The number of halogens is 3. The third-order valence-electron chi connectivity index (χ3n) is 5.45. The van der Waals surface area contributed by atoms with Gasteiger partial charge in [0.05, 0.1) is 24.6 Å². The molecule has 0 radical (unpaired) electrons. The van der Waals surface area contributed by atoms with Gasteiger partial charge in [-0.05, 0) is 31.7 Å². The van der Waals surface area contributed by atoms with E-state index in [1.807, 2.05) is 0 Å². The summed E-state index contributed by atoms with van der Waals surface area (Å²) < 4.78 is 40.1. The predicted octanol–water partition coefficient (Wildman–Crippen LogP) is 0.693. The molecule has 7 nitrogen and oxygen atoms in total. The zero-order valence-electron chi connectivity index (χ0n) is 16.8. The molecule has 0 aliphatic carbocycles. The van der Waals surface area contributed by atoms with Crippen molar-refractivity contribution in [3.8, 4) is 0 Å². The number of primary amides is 1. The van der Waals surface area contributed by atoms with Crippen LogP contribution in [0, 0.1) is 0 Å². The first-order chi connectivity index (χ1) is 14.0. The molecule has 30 heavy (non-hydrogen) atoms. The Bertz CT molecular complexity index is 717. The number of nitrogens with one attached hydrogen (secondary N) is 1. The standard InChI is InChI=1S/C20H29F3N4O3/c1-12-7-8-17(20(21,22)23)27(12)11-16(28)15(9-13-5-3-2-4-6-13)26-19(30)14(24)10-18(25)29/h2-6,12,14-17,28H,7-11,24H2,1H3,(H2,25,29)(H,26,30)/t12-,14+,15+,16-,17+/m1/s1. The number of amides is 2. The van der Waals surface area contributed by atoms with Crippen molar-refractivity contribution in [3.05, 3.63) is 35.9 Å². The van der Waals surface area contributed by atoms with Crippen LogP contribution in [0.4, 0.5) is 13.2 Å². The van der Waals surface area contributed by atoms with Crippen molar-refractivity contribution in [3.63, 3.8) is 0 Å². The van der Waals surface area contributed by atoms with Gasteiger partial charge in [-0.25, -0.2) is 0 Å². The second-order valence-electron chi connectivity index (χ2n) is 7.83. The van der Waals surface area contributed by atoms with Crippen molar-refractivity contribution in [1.82, 2.24) is 10.2 Å². The average molecular weight is 430 g/mol. The lowest BCUT2D eigenvalue weighted by molar-refractivity contribution is -0.182. The van der Waals surface area contributed by atoms with Gasteiger partial charge in [0.15, 0.2) is 0 Å². The van der Waals surface area contributed by atoms with E-state index >= 15 is 0 Å². The lowest BCUT2D eigenvalue weighted by Gasteiger charge is -2.34. The van der Waals surface area contributed by atoms with E-state index in [0.29, 0.717) is 6.42 Å². The van der Waals surface area contributed by atoms with E-state index in [-0.39, 0.29) is 31.8 Å². The molecule has 0 unspecified atom stereocenters.